The van der Waals surface area contributed by atoms with E-state index in [1.165, 1.54) is 11.2 Å². The van der Waals surface area contributed by atoms with Crippen molar-refractivity contribution in [3.05, 3.63) is 23.8 Å². The van der Waals surface area contributed by atoms with Crippen molar-refractivity contribution in [2.45, 2.75) is 37.6 Å². The number of methoxy groups -OCH3 is 1. The highest BCUT2D eigenvalue weighted by molar-refractivity contribution is 7.89. The summed E-state index contributed by atoms with van der Waals surface area (Å²) in [5.41, 5.74) is 0.654. The van der Waals surface area contributed by atoms with E-state index in [9.17, 15) is 13.2 Å². The Kier molecular flexibility index (Phi) is 5.08. The second-order valence-electron chi connectivity index (χ2n) is 5.53. The molecule has 1 fully saturated rings. The number of amides is 1. The molecule has 0 aliphatic carbocycles. The van der Waals surface area contributed by atoms with Crippen LogP contribution in [0, 0.1) is 6.92 Å². The maximum absolute atomic E-state index is 12.8. The first-order valence-corrected chi connectivity index (χ1v) is 8.70. The Labute approximate surface area is 131 Å². The number of rotatable bonds is 4. The number of carbonyl (C=O) groups excluding carboxylic acids is 1. The number of hydrogen-bond acceptors (Lipinski definition) is 4. The minimum Gasteiger partial charge on any atom is -0.497 e. The predicted molar refractivity (Wildman–Crippen MR) is 83.3 cm³/mol. The molecule has 1 atom stereocenters. The molecule has 2 rings (SSSR count). The maximum atomic E-state index is 12.8. The van der Waals surface area contributed by atoms with Gasteiger partial charge in [-0.1, -0.05) is 0 Å². The van der Waals surface area contributed by atoms with Crippen LogP contribution in [0.15, 0.2) is 23.1 Å². The van der Waals surface area contributed by atoms with Crippen LogP contribution >= 0.6 is 0 Å². The molecule has 1 aromatic rings. The molecule has 0 aromatic heterocycles. The first-order chi connectivity index (χ1) is 10.3. The highest BCUT2D eigenvalue weighted by Crippen LogP contribution is 2.26. The molecule has 0 bridgehead atoms. The van der Waals surface area contributed by atoms with Gasteiger partial charge in [0.25, 0.3) is 0 Å². The van der Waals surface area contributed by atoms with Crippen LogP contribution in [0.5, 0.6) is 5.75 Å². The normalized spacial score (nSPS) is 19.7. The van der Waals surface area contributed by atoms with Crippen molar-refractivity contribution in [1.82, 2.24) is 9.62 Å². The Morgan fingerprint density at radius 3 is 2.73 bits per heavy atom. The van der Waals surface area contributed by atoms with Crippen molar-refractivity contribution < 1.29 is 17.9 Å². The lowest BCUT2D eigenvalue weighted by atomic mass is 10.1. The minimum absolute atomic E-state index is 0.125. The third kappa shape index (κ3) is 3.59. The Morgan fingerprint density at radius 1 is 1.41 bits per heavy atom. The van der Waals surface area contributed by atoms with E-state index in [1.54, 1.807) is 32.2 Å². The van der Waals surface area contributed by atoms with Gasteiger partial charge in [0.1, 0.15) is 5.75 Å². The lowest BCUT2D eigenvalue weighted by Crippen LogP contribution is -2.49. The van der Waals surface area contributed by atoms with Crippen molar-refractivity contribution in [3.63, 3.8) is 0 Å². The van der Waals surface area contributed by atoms with Gasteiger partial charge < -0.3 is 10.1 Å². The monoisotopic (exact) mass is 326 g/mol. The summed E-state index contributed by atoms with van der Waals surface area (Å²) < 4.78 is 32.2. The fraction of sp³-hybridized carbons (Fsp3) is 0.533. The first-order valence-electron chi connectivity index (χ1n) is 7.26. The summed E-state index contributed by atoms with van der Waals surface area (Å²) in [6.45, 7) is 3.99. The van der Waals surface area contributed by atoms with Gasteiger partial charge in [0, 0.05) is 26.1 Å². The van der Waals surface area contributed by atoms with Crippen LogP contribution in [0.2, 0.25) is 0 Å². The van der Waals surface area contributed by atoms with Gasteiger partial charge in [-0.3, -0.25) is 4.79 Å². The largest absolute Gasteiger partial charge is 0.497 e. The van der Waals surface area contributed by atoms with E-state index < -0.39 is 10.0 Å². The van der Waals surface area contributed by atoms with Crippen molar-refractivity contribution in [1.29, 1.82) is 0 Å². The van der Waals surface area contributed by atoms with Crippen LogP contribution < -0.4 is 10.1 Å². The molecule has 1 amide bonds. The molecule has 1 aliphatic heterocycles. The number of carbonyl (C=O) groups is 1. The standard InChI is InChI=1S/C15H22N2O4S/c1-11-9-14(21-3)6-7-15(11)22(19,20)17-8-4-5-13(10-17)16-12(2)18/h6-7,9,13H,4-5,8,10H2,1-3H3,(H,16,18). The number of nitrogens with one attached hydrogen (secondary N) is 1. The van der Waals surface area contributed by atoms with Gasteiger partial charge in [0.2, 0.25) is 15.9 Å². The van der Waals surface area contributed by atoms with Gasteiger partial charge >= 0.3 is 0 Å². The van der Waals surface area contributed by atoms with E-state index in [0.717, 1.165) is 12.8 Å². The Balaban J connectivity index is 2.24. The molecule has 1 aliphatic rings. The van der Waals surface area contributed by atoms with Gasteiger partial charge in [-0.15, -0.1) is 0 Å². The molecule has 0 radical (unpaired) electrons. The zero-order valence-corrected chi connectivity index (χ0v) is 13.9. The van der Waals surface area contributed by atoms with Crippen LogP contribution in [0.25, 0.3) is 0 Å². The Morgan fingerprint density at radius 2 is 2.14 bits per heavy atom. The van der Waals surface area contributed by atoms with Gasteiger partial charge in [0.05, 0.1) is 12.0 Å². The van der Waals surface area contributed by atoms with Gasteiger partial charge in [-0.05, 0) is 43.5 Å². The van der Waals surface area contributed by atoms with Crippen molar-refractivity contribution in [3.8, 4) is 5.75 Å². The Bertz CT molecular complexity index is 658. The predicted octanol–water partition coefficient (Wildman–Crippen LogP) is 1.29. The number of nitrogens with zero attached hydrogens (tertiary/aromatic N) is 1. The molecule has 0 spiro atoms. The smallest absolute Gasteiger partial charge is 0.243 e. The molecular formula is C15H22N2O4S. The fourth-order valence-corrected chi connectivity index (χ4v) is 4.47. The van der Waals surface area contributed by atoms with Crippen molar-refractivity contribution in [2.75, 3.05) is 20.2 Å². The topological polar surface area (TPSA) is 75.7 Å². The number of benzene rings is 1. The molecule has 1 unspecified atom stereocenters. The molecule has 22 heavy (non-hydrogen) atoms. The Hall–Kier alpha value is -1.60. The van der Waals surface area contributed by atoms with E-state index in [1.807, 2.05) is 0 Å². The lowest BCUT2D eigenvalue weighted by molar-refractivity contribution is -0.119. The van der Waals surface area contributed by atoms with Gasteiger partial charge in [-0.2, -0.15) is 4.31 Å². The van der Waals surface area contributed by atoms with E-state index >= 15 is 0 Å². The van der Waals surface area contributed by atoms with Crippen LogP contribution in [0.4, 0.5) is 0 Å². The molecule has 1 heterocycles. The molecule has 6 nitrogen and oxygen atoms in total. The van der Waals surface area contributed by atoms with E-state index in [4.69, 9.17) is 4.74 Å². The quantitative estimate of drug-likeness (QED) is 0.905. The summed E-state index contributed by atoms with van der Waals surface area (Å²) >= 11 is 0. The zero-order chi connectivity index (χ0) is 16.3. The fourth-order valence-electron chi connectivity index (χ4n) is 2.74. The molecule has 1 saturated heterocycles. The van der Waals surface area contributed by atoms with Crippen LogP contribution in [0.1, 0.15) is 25.3 Å². The number of sulfonamides is 1. The van der Waals surface area contributed by atoms with E-state index in [-0.39, 0.29) is 16.8 Å². The molecule has 1 aromatic carbocycles. The number of aryl methyl sites for hydroxylation is 1. The summed E-state index contributed by atoms with van der Waals surface area (Å²) in [5.74, 6) is 0.496. The summed E-state index contributed by atoms with van der Waals surface area (Å²) in [6.07, 6.45) is 1.53. The molecule has 0 saturated carbocycles. The number of hydrogen-bond donors (Lipinski definition) is 1. The summed E-state index contributed by atoms with van der Waals surface area (Å²) in [4.78, 5) is 11.5. The lowest BCUT2D eigenvalue weighted by Gasteiger charge is -2.32. The minimum atomic E-state index is -3.56. The summed E-state index contributed by atoms with van der Waals surface area (Å²) in [7, 11) is -2.01. The van der Waals surface area contributed by atoms with Crippen LogP contribution in [-0.4, -0.2) is 44.9 Å². The molecule has 7 heteroatoms. The molecular weight excluding hydrogens is 304 g/mol. The van der Waals surface area contributed by atoms with Gasteiger partial charge in [-0.25, -0.2) is 8.42 Å². The average molecular weight is 326 g/mol. The van der Waals surface area contributed by atoms with Crippen molar-refractivity contribution in [2.24, 2.45) is 0 Å². The van der Waals surface area contributed by atoms with E-state index in [0.29, 0.717) is 24.4 Å². The van der Waals surface area contributed by atoms with Crippen LogP contribution in [-0.2, 0) is 14.8 Å². The zero-order valence-electron chi connectivity index (χ0n) is 13.1. The number of ether oxygens (including phenoxy) is 1. The highest BCUT2D eigenvalue weighted by Gasteiger charge is 2.31. The molecule has 122 valence electrons. The summed E-state index contributed by atoms with van der Waals surface area (Å²) in [5, 5.41) is 2.80. The van der Waals surface area contributed by atoms with Gasteiger partial charge in [0.15, 0.2) is 0 Å². The highest BCUT2D eigenvalue weighted by atomic mass is 32.2. The van der Waals surface area contributed by atoms with Crippen LogP contribution in [0.3, 0.4) is 0 Å². The summed E-state index contributed by atoms with van der Waals surface area (Å²) in [6, 6.07) is 4.81. The first kappa shape index (κ1) is 16.8. The third-order valence-electron chi connectivity index (χ3n) is 3.79. The molecule has 1 N–H and O–H groups in total. The average Bonchev–Trinajstić information content (AvgIpc) is 2.46. The number of piperidine rings is 1. The third-order valence-corrected chi connectivity index (χ3v) is 5.82. The second kappa shape index (κ2) is 6.66. The maximum Gasteiger partial charge on any atom is 0.243 e. The van der Waals surface area contributed by atoms with Crippen molar-refractivity contribution >= 4 is 15.9 Å². The SMILES string of the molecule is COc1ccc(S(=O)(=O)N2CCCC(NC(C)=O)C2)c(C)c1. The second-order valence-corrected chi connectivity index (χ2v) is 7.44. The van der Waals surface area contributed by atoms with E-state index in [2.05, 4.69) is 5.32 Å².